The lowest BCUT2D eigenvalue weighted by molar-refractivity contribution is -0.143. The van der Waals surface area contributed by atoms with E-state index in [0.29, 0.717) is 6.42 Å². The zero-order chi connectivity index (χ0) is 28.1. The molecule has 0 aromatic heterocycles. The third kappa shape index (κ3) is 12.4. The minimum absolute atomic E-state index is 0.0317. The van der Waals surface area contributed by atoms with Gasteiger partial charge in [0.1, 0.15) is 18.1 Å². The lowest BCUT2D eigenvalue weighted by Crippen LogP contribution is -2.57. The van der Waals surface area contributed by atoms with Crippen molar-refractivity contribution in [2.75, 3.05) is 0 Å². The van der Waals surface area contributed by atoms with Gasteiger partial charge in [0.2, 0.25) is 17.7 Å². The third-order valence-corrected chi connectivity index (χ3v) is 5.58. The Labute approximate surface area is 217 Å². The van der Waals surface area contributed by atoms with Crippen LogP contribution < -0.4 is 21.7 Å². The number of hydrogen-bond acceptors (Lipinski definition) is 6. The Morgan fingerprint density at radius 3 is 1.65 bits per heavy atom. The van der Waals surface area contributed by atoms with E-state index in [1.165, 1.54) is 0 Å². The van der Waals surface area contributed by atoms with E-state index < -0.39 is 60.2 Å². The standard InChI is InChI=1S/C26H40N4O7/c1-15(2)12-20(29-23(33)18(27)14-17-8-6-5-7-9-17)25(35)30-21(13-16(3)4)24(34)28-19(26(36)37)10-11-22(31)32/h5-9,15-16,18-21H,10-14,27H2,1-4H3,(H,28,34)(H,29,33)(H,30,35)(H,31,32)(H,36,37). The SMILES string of the molecule is CC(C)CC(NC(=O)C(N)Cc1ccccc1)C(=O)NC(CC(C)C)C(=O)NC(CCC(=O)O)C(=O)O. The highest BCUT2D eigenvalue weighted by molar-refractivity contribution is 5.94. The smallest absolute Gasteiger partial charge is 0.326 e. The Morgan fingerprint density at radius 2 is 1.22 bits per heavy atom. The molecule has 1 rings (SSSR count). The van der Waals surface area contributed by atoms with Crippen molar-refractivity contribution < 1.29 is 34.2 Å². The Kier molecular flexibility index (Phi) is 13.3. The fourth-order valence-electron chi connectivity index (χ4n) is 3.72. The Balaban J connectivity index is 2.96. The summed E-state index contributed by atoms with van der Waals surface area (Å²) in [7, 11) is 0. The first-order valence-corrected chi connectivity index (χ1v) is 12.4. The lowest BCUT2D eigenvalue weighted by atomic mass is 9.99. The van der Waals surface area contributed by atoms with Crippen molar-refractivity contribution in [2.24, 2.45) is 17.6 Å². The van der Waals surface area contributed by atoms with Crippen molar-refractivity contribution in [1.82, 2.24) is 16.0 Å². The molecule has 0 heterocycles. The van der Waals surface area contributed by atoms with Crippen LogP contribution in [-0.4, -0.2) is 64.0 Å². The Bertz CT molecular complexity index is 921. The second kappa shape index (κ2) is 15.6. The number of carbonyl (C=O) groups excluding carboxylic acids is 3. The van der Waals surface area contributed by atoms with E-state index in [2.05, 4.69) is 16.0 Å². The van der Waals surface area contributed by atoms with Gasteiger partial charge in [-0.3, -0.25) is 19.2 Å². The molecule has 0 fully saturated rings. The molecule has 11 heteroatoms. The number of rotatable bonds is 16. The summed E-state index contributed by atoms with van der Waals surface area (Å²) in [6.07, 6.45) is 0.0446. The number of nitrogens with one attached hydrogen (secondary N) is 3. The van der Waals surface area contributed by atoms with Crippen LogP contribution in [0.5, 0.6) is 0 Å². The molecule has 0 aliphatic rings. The van der Waals surface area contributed by atoms with E-state index in [9.17, 15) is 29.1 Å². The summed E-state index contributed by atoms with van der Waals surface area (Å²) in [4.78, 5) is 61.2. The van der Waals surface area contributed by atoms with Gasteiger partial charge >= 0.3 is 11.9 Å². The van der Waals surface area contributed by atoms with Crippen LogP contribution in [0.2, 0.25) is 0 Å². The van der Waals surface area contributed by atoms with Gasteiger partial charge in [-0.15, -0.1) is 0 Å². The number of benzene rings is 1. The summed E-state index contributed by atoms with van der Waals surface area (Å²) in [5, 5.41) is 25.9. The molecule has 11 nitrogen and oxygen atoms in total. The Morgan fingerprint density at radius 1 is 0.757 bits per heavy atom. The summed E-state index contributed by atoms with van der Waals surface area (Å²) in [6, 6.07) is 4.89. The summed E-state index contributed by atoms with van der Waals surface area (Å²) in [5.41, 5.74) is 6.95. The molecule has 0 saturated carbocycles. The van der Waals surface area contributed by atoms with Crippen molar-refractivity contribution in [2.45, 2.75) is 84.0 Å². The van der Waals surface area contributed by atoms with Gasteiger partial charge in [-0.05, 0) is 43.1 Å². The number of amides is 3. The van der Waals surface area contributed by atoms with E-state index in [1.54, 1.807) is 0 Å². The summed E-state index contributed by atoms with van der Waals surface area (Å²) >= 11 is 0. The monoisotopic (exact) mass is 520 g/mol. The molecule has 0 bridgehead atoms. The third-order valence-electron chi connectivity index (χ3n) is 5.58. The topological polar surface area (TPSA) is 188 Å². The minimum Gasteiger partial charge on any atom is -0.481 e. The second-order valence-corrected chi connectivity index (χ2v) is 10.0. The van der Waals surface area contributed by atoms with Gasteiger partial charge in [-0.2, -0.15) is 0 Å². The molecule has 0 aliphatic carbocycles. The van der Waals surface area contributed by atoms with Gasteiger partial charge in [0, 0.05) is 6.42 Å². The van der Waals surface area contributed by atoms with E-state index in [4.69, 9.17) is 10.8 Å². The van der Waals surface area contributed by atoms with Gasteiger partial charge in [-0.25, -0.2) is 4.79 Å². The van der Waals surface area contributed by atoms with Crippen LogP contribution >= 0.6 is 0 Å². The number of carbonyl (C=O) groups is 5. The molecular formula is C26H40N4O7. The summed E-state index contributed by atoms with van der Waals surface area (Å²) in [5.74, 6) is -4.40. The van der Waals surface area contributed by atoms with Crippen LogP contribution in [-0.2, 0) is 30.4 Å². The van der Waals surface area contributed by atoms with Crippen molar-refractivity contribution in [3.63, 3.8) is 0 Å². The van der Waals surface area contributed by atoms with Crippen LogP contribution in [0.4, 0.5) is 0 Å². The fraction of sp³-hybridized carbons (Fsp3) is 0.577. The molecule has 4 unspecified atom stereocenters. The zero-order valence-corrected chi connectivity index (χ0v) is 21.9. The van der Waals surface area contributed by atoms with Crippen molar-refractivity contribution >= 4 is 29.7 Å². The highest BCUT2D eigenvalue weighted by Gasteiger charge is 2.31. The van der Waals surface area contributed by atoms with Gasteiger partial charge < -0.3 is 31.9 Å². The molecule has 0 aliphatic heterocycles. The molecule has 37 heavy (non-hydrogen) atoms. The number of hydrogen-bond donors (Lipinski definition) is 6. The summed E-state index contributed by atoms with van der Waals surface area (Å²) < 4.78 is 0. The van der Waals surface area contributed by atoms with Crippen molar-refractivity contribution in [3.05, 3.63) is 35.9 Å². The molecule has 0 radical (unpaired) electrons. The van der Waals surface area contributed by atoms with Crippen LogP contribution in [0.15, 0.2) is 30.3 Å². The lowest BCUT2D eigenvalue weighted by Gasteiger charge is -2.26. The van der Waals surface area contributed by atoms with Gasteiger partial charge in [0.15, 0.2) is 0 Å². The first kappa shape index (κ1) is 31.6. The summed E-state index contributed by atoms with van der Waals surface area (Å²) in [6.45, 7) is 7.44. The molecule has 0 spiro atoms. The molecule has 206 valence electrons. The van der Waals surface area contributed by atoms with E-state index >= 15 is 0 Å². The quantitative estimate of drug-likeness (QED) is 0.186. The molecular weight excluding hydrogens is 480 g/mol. The predicted molar refractivity (Wildman–Crippen MR) is 137 cm³/mol. The maximum atomic E-state index is 13.2. The fourth-order valence-corrected chi connectivity index (χ4v) is 3.72. The highest BCUT2D eigenvalue weighted by atomic mass is 16.4. The highest BCUT2D eigenvalue weighted by Crippen LogP contribution is 2.11. The van der Waals surface area contributed by atoms with Crippen LogP contribution in [0.1, 0.15) is 58.9 Å². The van der Waals surface area contributed by atoms with Gasteiger partial charge in [-0.1, -0.05) is 58.0 Å². The largest absolute Gasteiger partial charge is 0.481 e. The minimum atomic E-state index is -1.42. The van der Waals surface area contributed by atoms with Gasteiger partial charge in [0.05, 0.1) is 6.04 Å². The number of carboxylic acid groups (broad SMARTS) is 2. The maximum Gasteiger partial charge on any atom is 0.326 e. The van der Waals surface area contributed by atoms with E-state index in [-0.39, 0.29) is 31.1 Å². The molecule has 7 N–H and O–H groups in total. The number of nitrogens with two attached hydrogens (primary N) is 1. The van der Waals surface area contributed by atoms with Crippen molar-refractivity contribution in [3.8, 4) is 0 Å². The molecule has 4 atom stereocenters. The number of carboxylic acids is 2. The molecule has 1 aromatic carbocycles. The first-order chi connectivity index (χ1) is 17.3. The maximum absolute atomic E-state index is 13.2. The predicted octanol–water partition coefficient (Wildman–Crippen LogP) is 1.05. The van der Waals surface area contributed by atoms with Crippen LogP contribution in [0.3, 0.4) is 0 Å². The number of aliphatic carboxylic acids is 2. The average Bonchev–Trinajstić information content (AvgIpc) is 2.80. The van der Waals surface area contributed by atoms with Crippen LogP contribution in [0, 0.1) is 11.8 Å². The average molecular weight is 521 g/mol. The molecule has 3 amide bonds. The molecule has 1 aromatic rings. The molecule has 0 saturated heterocycles. The van der Waals surface area contributed by atoms with E-state index in [0.717, 1.165) is 5.56 Å². The first-order valence-electron chi connectivity index (χ1n) is 12.4. The second-order valence-electron chi connectivity index (χ2n) is 10.0. The zero-order valence-electron chi connectivity index (χ0n) is 21.9. The normalized spacial score (nSPS) is 14.4. The van der Waals surface area contributed by atoms with E-state index in [1.807, 2.05) is 58.0 Å². The van der Waals surface area contributed by atoms with Gasteiger partial charge in [0.25, 0.3) is 0 Å². The van der Waals surface area contributed by atoms with Crippen LogP contribution in [0.25, 0.3) is 0 Å². The Hall–Kier alpha value is -3.47. The van der Waals surface area contributed by atoms with Crippen molar-refractivity contribution in [1.29, 1.82) is 0 Å².